The minimum Gasteiger partial charge on any atom is -0.493 e. The topological polar surface area (TPSA) is 108 Å². The van der Waals surface area contributed by atoms with E-state index in [9.17, 15) is 9.59 Å². The van der Waals surface area contributed by atoms with E-state index in [0.29, 0.717) is 66.2 Å². The van der Waals surface area contributed by atoms with Gasteiger partial charge in [-0.05, 0) is 37.1 Å². The van der Waals surface area contributed by atoms with Gasteiger partial charge in [0.05, 0.1) is 38.4 Å². The summed E-state index contributed by atoms with van der Waals surface area (Å²) >= 11 is 1.48. The van der Waals surface area contributed by atoms with Crippen LogP contribution in [0, 0.1) is 0 Å². The molecule has 0 spiro atoms. The van der Waals surface area contributed by atoms with Crippen molar-refractivity contribution in [2.24, 2.45) is 0 Å². The molecule has 0 saturated carbocycles. The van der Waals surface area contributed by atoms with Crippen LogP contribution in [-0.4, -0.2) is 75.4 Å². The quantitative estimate of drug-likeness (QED) is 0.449. The van der Waals surface area contributed by atoms with Gasteiger partial charge >= 0.3 is 0 Å². The van der Waals surface area contributed by atoms with Crippen molar-refractivity contribution in [3.05, 3.63) is 58.0 Å². The van der Waals surface area contributed by atoms with E-state index in [1.165, 1.54) is 32.7 Å². The maximum absolute atomic E-state index is 13.3. The number of nitrogens with one attached hydrogen (secondary N) is 1. The van der Waals surface area contributed by atoms with Gasteiger partial charge in [-0.1, -0.05) is 12.1 Å². The number of rotatable bonds is 8. The van der Waals surface area contributed by atoms with Crippen molar-refractivity contribution in [2.45, 2.75) is 24.9 Å². The molecule has 1 atom stereocenters. The largest absolute Gasteiger partial charge is 0.493 e. The molecule has 1 N–H and O–H groups in total. The first-order valence-corrected chi connectivity index (χ1v) is 13.6. The molecule has 1 saturated heterocycles. The van der Waals surface area contributed by atoms with Crippen LogP contribution in [0.3, 0.4) is 0 Å². The van der Waals surface area contributed by atoms with Gasteiger partial charge in [0.1, 0.15) is 18.4 Å². The van der Waals surface area contributed by atoms with Crippen LogP contribution >= 0.6 is 11.3 Å². The fourth-order valence-corrected chi connectivity index (χ4v) is 5.78. The van der Waals surface area contributed by atoms with Crippen molar-refractivity contribution in [2.75, 3.05) is 47.6 Å². The van der Waals surface area contributed by atoms with Gasteiger partial charge in [-0.15, -0.1) is 11.3 Å². The fourth-order valence-electron chi connectivity index (χ4n) is 4.81. The van der Waals surface area contributed by atoms with Gasteiger partial charge in [0.25, 0.3) is 11.8 Å². The van der Waals surface area contributed by atoms with Gasteiger partial charge in [-0.2, -0.15) is 0 Å². The Morgan fingerprint density at radius 2 is 1.77 bits per heavy atom. The third-order valence-corrected chi connectivity index (χ3v) is 7.89. The van der Waals surface area contributed by atoms with E-state index in [4.69, 9.17) is 23.7 Å². The number of piperidine rings is 1. The second-order valence-electron chi connectivity index (χ2n) is 9.23. The number of carbonyl (C=O) groups is 2. The predicted octanol–water partition coefficient (Wildman–Crippen LogP) is 3.76. The Kier molecular flexibility index (Phi) is 8.06. The van der Waals surface area contributed by atoms with E-state index in [0.717, 1.165) is 17.8 Å². The number of amides is 2. The van der Waals surface area contributed by atoms with Crippen LogP contribution in [0.1, 0.15) is 44.6 Å². The van der Waals surface area contributed by atoms with E-state index in [1.54, 1.807) is 17.5 Å². The van der Waals surface area contributed by atoms with E-state index < -0.39 is 0 Å². The van der Waals surface area contributed by atoms with Crippen molar-refractivity contribution in [1.82, 2.24) is 15.2 Å². The summed E-state index contributed by atoms with van der Waals surface area (Å²) in [6, 6.07) is 10.9. The van der Waals surface area contributed by atoms with Crippen molar-refractivity contribution in [1.29, 1.82) is 0 Å². The summed E-state index contributed by atoms with van der Waals surface area (Å²) in [5.74, 6) is 2.44. The maximum atomic E-state index is 13.3. The van der Waals surface area contributed by atoms with Gasteiger partial charge in [0, 0.05) is 24.4 Å². The highest BCUT2D eigenvalue weighted by atomic mass is 32.1. The Labute approximate surface area is 230 Å². The molecule has 2 aliphatic rings. The lowest BCUT2D eigenvalue weighted by molar-refractivity contribution is 0.0708. The molecule has 10 nitrogen and oxygen atoms in total. The molecule has 0 bridgehead atoms. The smallest absolute Gasteiger partial charge is 0.270 e. The average molecular weight is 554 g/mol. The number of thiazole rings is 1. The van der Waals surface area contributed by atoms with Gasteiger partial charge in [-0.3, -0.25) is 9.59 Å². The molecular formula is C28H31N3O7S. The molecule has 2 amide bonds. The number of methoxy groups -OCH3 is 3. The Morgan fingerprint density at radius 3 is 2.49 bits per heavy atom. The lowest BCUT2D eigenvalue weighted by atomic mass is 9.97. The molecule has 3 aromatic rings. The molecule has 1 unspecified atom stereocenters. The molecule has 1 fully saturated rings. The number of aromatic nitrogens is 1. The summed E-state index contributed by atoms with van der Waals surface area (Å²) in [4.78, 5) is 32.5. The number of nitrogens with zero attached hydrogens (tertiary/aromatic N) is 2. The van der Waals surface area contributed by atoms with Crippen LogP contribution in [0.15, 0.2) is 41.8 Å². The highest BCUT2D eigenvalue weighted by Crippen LogP contribution is 2.41. The zero-order chi connectivity index (χ0) is 27.4. The van der Waals surface area contributed by atoms with Crippen molar-refractivity contribution in [3.8, 4) is 28.7 Å². The summed E-state index contributed by atoms with van der Waals surface area (Å²) in [5.41, 5.74) is 0.818. The van der Waals surface area contributed by atoms with E-state index >= 15 is 0 Å². The molecule has 1 aromatic heterocycles. The SMILES string of the molecule is COc1ccc(C(=O)N2CCC(c3nc(C(=O)NCC4COc5ccccc5O4)cs3)CC2)c(OC)c1OC. The zero-order valence-corrected chi connectivity index (χ0v) is 22.9. The molecule has 5 rings (SSSR count). The van der Waals surface area contributed by atoms with Crippen LogP contribution < -0.4 is 29.0 Å². The van der Waals surface area contributed by atoms with Crippen molar-refractivity contribution >= 4 is 23.2 Å². The number of carbonyl (C=O) groups excluding carboxylic acids is 2. The Morgan fingerprint density at radius 1 is 1.03 bits per heavy atom. The number of benzene rings is 2. The van der Waals surface area contributed by atoms with Gasteiger partial charge < -0.3 is 33.9 Å². The molecule has 2 aliphatic heterocycles. The van der Waals surface area contributed by atoms with Crippen molar-refractivity contribution in [3.63, 3.8) is 0 Å². The van der Waals surface area contributed by atoms with Gasteiger partial charge in [-0.25, -0.2) is 4.98 Å². The molecule has 206 valence electrons. The molecule has 3 heterocycles. The maximum Gasteiger partial charge on any atom is 0.270 e. The monoisotopic (exact) mass is 553 g/mol. The first kappa shape index (κ1) is 26.6. The number of ether oxygens (including phenoxy) is 5. The number of para-hydroxylation sites is 2. The molecule has 11 heteroatoms. The fraction of sp³-hybridized carbons (Fsp3) is 0.393. The van der Waals surface area contributed by atoms with E-state index in [2.05, 4.69) is 10.3 Å². The number of hydrogen-bond acceptors (Lipinski definition) is 9. The minimum atomic E-state index is -0.270. The minimum absolute atomic E-state index is 0.123. The summed E-state index contributed by atoms with van der Waals surface area (Å²) in [6.45, 7) is 1.83. The zero-order valence-electron chi connectivity index (χ0n) is 22.1. The first-order chi connectivity index (χ1) is 19.0. The normalized spacial score (nSPS) is 16.9. The first-order valence-electron chi connectivity index (χ1n) is 12.7. The predicted molar refractivity (Wildman–Crippen MR) is 145 cm³/mol. The van der Waals surface area contributed by atoms with Crippen LogP contribution in [0.2, 0.25) is 0 Å². The standard InChI is InChI=1S/C28H31N3O7S/c1-34-23-9-8-19(24(35-2)25(23)36-3)28(33)31-12-10-17(11-13-31)27-30-20(16-39-27)26(32)29-14-18-15-37-21-6-4-5-7-22(21)38-18/h4-9,16-18H,10-15H2,1-3H3,(H,29,32). The van der Waals surface area contributed by atoms with Crippen LogP contribution in [0.25, 0.3) is 0 Å². The third-order valence-electron chi connectivity index (χ3n) is 6.88. The highest BCUT2D eigenvalue weighted by Gasteiger charge is 2.30. The molecule has 0 radical (unpaired) electrons. The Balaban J connectivity index is 1.15. The van der Waals surface area contributed by atoms with E-state index in [1.807, 2.05) is 29.2 Å². The lowest BCUT2D eigenvalue weighted by Crippen LogP contribution is -2.40. The highest BCUT2D eigenvalue weighted by molar-refractivity contribution is 7.09. The summed E-state index contributed by atoms with van der Waals surface area (Å²) in [6.07, 6.45) is 1.23. The average Bonchev–Trinajstić information content (AvgIpc) is 3.49. The second-order valence-corrected chi connectivity index (χ2v) is 10.1. The second kappa shape index (κ2) is 11.8. The Bertz CT molecular complexity index is 1340. The van der Waals surface area contributed by atoms with Gasteiger partial charge in [0.15, 0.2) is 23.0 Å². The number of fused-ring (bicyclic) bond motifs is 1. The van der Waals surface area contributed by atoms with Gasteiger partial charge in [0.2, 0.25) is 5.75 Å². The third kappa shape index (κ3) is 5.58. The van der Waals surface area contributed by atoms with Crippen LogP contribution in [0.4, 0.5) is 0 Å². The molecule has 39 heavy (non-hydrogen) atoms. The summed E-state index contributed by atoms with van der Waals surface area (Å²) in [7, 11) is 4.56. The van der Waals surface area contributed by atoms with Crippen LogP contribution in [0.5, 0.6) is 28.7 Å². The Hall–Kier alpha value is -3.99. The molecule has 2 aromatic carbocycles. The molecule has 0 aliphatic carbocycles. The number of hydrogen-bond donors (Lipinski definition) is 1. The summed E-state index contributed by atoms with van der Waals surface area (Å²) in [5, 5.41) is 5.59. The van der Waals surface area contributed by atoms with Crippen molar-refractivity contribution < 1.29 is 33.3 Å². The summed E-state index contributed by atoms with van der Waals surface area (Å²) < 4.78 is 27.9. The lowest BCUT2D eigenvalue weighted by Gasteiger charge is -2.31. The van der Waals surface area contributed by atoms with Crippen LogP contribution in [-0.2, 0) is 0 Å². The number of likely N-dealkylation sites (tertiary alicyclic amines) is 1. The molecular weight excluding hydrogens is 522 g/mol. The van der Waals surface area contributed by atoms with E-state index in [-0.39, 0.29) is 23.8 Å².